The molecule has 0 fully saturated rings. The molecule has 0 unspecified atom stereocenters. The van der Waals surface area contributed by atoms with Gasteiger partial charge in [-0.3, -0.25) is 0 Å². The quantitative estimate of drug-likeness (QED) is 0.417. The van der Waals surface area contributed by atoms with Crippen LogP contribution < -0.4 is 5.32 Å². The molecule has 3 N–H and O–H groups in total. The maximum absolute atomic E-state index is 8.49. The van der Waals surface area contributed by atoms with Gasteiger partial charge in [0.15, 0.2) is 0 Å². The van der Waals surface area contributed by atoms with Crippen LogP contribution in [0.3, 0.4) is 0 Å². The molecular formula is C9H21NO3. The second-order valence-electron chi connectivity index (χ2n) is 2.87. The van der Waals surface area contributed by atoms with Crippen LogP contribution in [0, 0.1) is 0 Å². The second kappa shape index (κ2) is 11.8. The maximum Gasteiger partial charge on any atom is 0.0697 e. The second-order valence-corrected chi connectivity index (χ2v) is 2.87. The molecule has 0 aliphatic carbocycles. The van der Waals surface area contributed by atoms with E-state index in [0.29, 0.717) is 13.2 Å². The Morgan fingerprint density at radius 1 is 0.846 bits per heavy atom. The topological polar surface area (TPSA) is 61.7 Å². The molecule has 0 aromatic rings. The van der Waals surface area contributed by atoms with E-state index in [1.807, 2.05) is 0 Å². The molecule has 0 aromatic carbocycles. The summed E-state index contributed by atoms with van der Waals surface area (Å²) in [5.74, 6) is 0. The van der Waals surface area contributed by atoms with Crippen LogP contribution in [0.2, 0.25) is 0 Å². The van der Waals surface area contributed by atoms with Crippen molar-refractivity contribution in [3.63, 3.8) is 0 Å². The fourth-order valence-corrected chi connectivity index (χ4v) is 0.953. The highest BCUT2D eigenvalue weighted by Crippen LogP contribution is 1.85. The number of hydrogen-bond acceptors (Lipinski definition) is 4. The smallest absolute Gasteiger partial charge is 0.0697 e. The molecule has 0 aliphatic rings. The highest BCUT2D eigenvalue weighted by molar-refractivity contribution is 4.47. The van der Waals surface area contributed by atoms with Crippen LogP contribution in [0.5, 0.6) is 0 Å². The molecular weight excluding hydrogens is 170 g/mol. The third kappa shape index (κ3) is 11.8. The van der Waals surface area contributed by atoms with Crippen molar-refractivity contribution in [2.24, 2.45) is 0 Å². The first kappa shape index (κ1) is 12.8. The minimum atomic E-state index is 0.101. The van der Waals surface area contributed by atoms with Crippen molar-refractivity contribution in [2.75, 3.05) is 39.5 Å². The van der Waals surface area contributed by atoms with Crippen molar-refractivity contribution < 1.29 is 14.9 Å². The van der Waals surface area contributed by atoms with Gasteiger partial charge in [-0.25, -0.2) is 0 Å². The Labute approximate surface area is 79.9 Å². The monoisotopic (exact) mass is 191 g/mol. The van der Waals surface area contributed by atoms with Gasteiger partial charge in [-0.2, -0.15) is 0 Å². The number of unbranched alkanes of at least 4 members (excludes halogenated alkanes) is 1. The van der Waals surface area contributed by atoms with Crippen molar-refractivity contribution in [3.05, 3.63) is 0 Å². The Bertz CT molecular complexity index is 80.9. The Hall–Kier alpha value is -0.160. The van der Waals surface area contributed by atoms with Gasteiger partial charge in [0.05, 0.1) is 13.2 Å². The lowest BCUT2D eigenvalue weighted by molar-refractivity contribution is 0.0907. The highest BCUT2D eigenvalue weighted by atomic mass is 16.5. The fraction of sp³-hybridized carbons (Fsp3) is 1.00. The molecule has 0 spiro atoms. The van der Waals surface area contributed by atoms with Crippen LogP contribution in [0.25, 0.3) is 0 Å². The average molecular weight is 191 g/mol. The number of aliphatic hydroxyl groups is 2. The molecule has 0 aromatic heterocycles. The van der Waals surface area contributed by atoms with Gasteiger partial charge < -0.3 is 20.3 Å². The molecule has 0 heterocycles. The van der Waals surface area contributed by atoms with Crippen molar-refractivity contribution in [1.29, 1.82) is 0 Å². The summed E-state index contributed by atoms with van der Waals surface area (Å²) in [5.41, 5.74) is 0. The van der Waals surface area contributed by atoms with Crippen molar-refractivity contribution in [1.82, 2.24) is 5.32 Å². The first-order chi connectivity index (χ1) is 6.41. The Morgan fingerprint density at radius 2 is 1.62 bits per heavy atom. The molecule has 0 saturated carbocycles. The summed E-state index contributed by atoms with van der Waals surface area (Å²) in [5, 5.41) is 20.1. The molecule has 4 heteroatoms. The zero-order chi connectivity index (χ0) is 9.78. The number of rotatable bonds is 10. The van der Waals surface area contributed by atoms with E-state index >= 15 is 0 Å². The molecule has 0 radical (unpaired) electrons. The van der Waals surface area contributed by atoms with Gasteiger partial charge in [-0.15, -0.1) is 0 Å². The van der Waals surface area contributed by atoms with Gasteiger partial charge in [-0.05, 0) is 32.4 Å². The largest absolute Gasteiger partial charge is 0.396 e. The zero-order valence-electron chi connectivity index (χ0n) is 8.17. The molecule has 0 amide bonds. The molecule has 80 valence electrons. The normalized spacial score (nSPS) is 10.6. The lowest BCUT2D eigenvalue weighted by Crippen LogP contribution is -2.18. The predicted octanol–water partition coefficient (Wildman–Crippen LogP) is -0.252. The summed E-state index contributed by atoms with van der Waals surface area (Å²) >= 11 is 0. The summed E-state index contributed by atoms with van der Waals surface area (Å²) in [7, 11) is 0. The zero-order valence-corrected chi connectivity index (χ0v) is 8.17. The Morgan fingerprint density at radius 3 is 2.31 bits per heavy atom. The number of hydrogen-bond donors (Lipinski definition) is 3. The maximum atomic E-state index is 8.49. The van der Waals surface area contributed by atoms with Crippen LogP contribution >= 0.6 is 0 Å². The molecule has 0 aliphatic heterocycles. The fourth-order valence-electron chi connectivity index (χ4n) is 0.953. The van der Waals surface area contributed by atoms with Gasteiger partial charge in [-0.1, -0.05) is 0 Å². The van der Waals surface area contributed by atoms with Gasteiger partial charge in [0, 0.05) is 13.2 Å². The number of ether oxygens (including phenoxy) is 1. The minimum absolute atomic E-state index is 0.101. The van der Waals surface area contributed by atoms with E-state index in [-0.39, 0.29) is 13.2 Å². The van der Waals surface area contributed by atoms with Crippen molar-refractivity contribution in [2.45, 2.75) is 19.3 Å². The van der Waals surface area contributed by atoms with E-state index in [0.717, 1.165) is 32.4 Å². The molecule has 0 bridgehead atoms. The summed E-state index contributed by atoms with van der Waals surface area (Å²) in [6.45, 7) is 3.42. The molecule has 0 rings (SSSR count). The molecule has 13 heavy (non-hydrogen) atoms. The van der Waals surface area contributed by atoms with E-state index < -0.39 is 0 Å². The summed E-state index contributed by atoms with van der Waals surface area (Å²) in [6, 6.07) is 0. The van der Waals surface area contributed by atoms with Gasteiger partial charge >= 0.3 is 0 Å². The van der Waals surface area contributed by atoms with Crippen molar-refractivity contribution >= 4 is 0 Å². The lowest BCUT2D eigenvalue weighted by atomic mass is 10.3. The first-order valence-electron chi connectivity index (χ1n) is 4.92. The summed E-state index contributed by atoms with van der Waals surface area (Å²) in [4.78, 5) is 0. The third-order valence-electron chi connectivity index (χ3n) is 1.64. The van der Waals surface area contributed by atoms with E-state index in [1.165, 1.54) is 0 Å². The molecule has 0 atom stereocenters. The van der Waals surface area contributed by atoms with Gasteiger partial charge in [0.1, 0.15) is 0 Å². The van der Waals surface area contributed by atoms with Crippen LogP contribution in [-0.4, -0.2) is 49.7 Å². The summed E-state index contributed by atoms with van der Waals surface area (Å²) in [6.07, 6.45) is 2.86. The predicted molar refractivity (Wildman–Crippen MR) is 51.7 cm³/mol. The van der Waals surface area contributed by atoms with E-state index in [4.69, 9.17) is 14.9 Å². The van der Waals surface area contributed by atoms with E-state index in [2.05, 4.69) is 5.32 Å². The Balaban J connectivity index is 2.76. The number of aliphatic hydroxyl groups excluding tert-OH is 2. The first-order valence-corrected chi connectivity index (χ1v) is 4.92. The SMILES string of the molecule is OCCCCNCCCOCCO. The van der Waals surface area contributed by atoms with Gasteiger partial charge in [0.2, 0.25) is 0 Å². The Kier molecular flexibility index (Phi) is 11.7. The van der Waals surface area contributed by atoms with E-state index in [9.17, 15) is 0 Å². The van der Waals surface area contributed by atoms with E-state index in [1.54, 1.807) is 0 Å². The molecule has 0 saturated heterocycles. The van der Waals surface area contributed by atoms with Crippen LogP contribution in [0.15, 0.2) is 0 Å². The summed E-state index contributed by atoms with van der Waals surface area (Å²) < 4.78 is 5.08. The van der Waals surface area contributed by atoms with Crippen LogP contribution in [0.4, 0.5) is 0 Å². The van der Waals surface area contributed by atoms with Crippen LogP contribution in [0.1, 0.15) is 19.3 Å². The minimum Gasteiger partial charge on any atom is -0.396 e. The lowest BCUT2D eigenvalue weighted by Gasteiger charge is -2.04. The van der Waals surface area contributed by atoms with Gasteiger partial charge in [0.25, 0.3) is 0 Å². The number of nitrogens with one attached hydrogen (secondary N) is 1. The molecule has 4 nitrogen and oxygen atoms in total. The highest BCUT2D eigenvalue weighted by Gasteiger charge is 1.89. The average Bonchev–Trinajstić information content (AvgIpc) is 2.16. The van der Waals surface area contributed by atoms with Crippen molar-refractivity contribution in [3.8, 4) is 0 Å². The third-order valence-corrected chi connectivity index (χ3v) is 1.64. The van der Waals surface area contributed by atoms with Crippen LogP contribution in [-0.2, 0) is 4.74 Å². The standard InChI is InChI=1S/C9H21NO3/c11-6-2-1-4-10-5-3-8-13-9-7-12/h10-12H,1-9H2.